The summed E-state index contributed by atoms with van der Waals surface area (Å²) >= 11 is 5.94. The highest BCUT2D eigenvalue weighted by atomic mass is 35.5. The zero-order valence-electron chi connectivity index (χ0n) is 17.9. The van der Waals surface area contributed by atoms with Crippen molar-refractivity contribution in [2.75, 3.05) is 6.54 Å². The number of fused-ring (bicyclic) bond motifs is 1. The van der Waals surface area contributed by atoms with Gasteiger partial charge in [0, 0.05) is 12.1 Å². The number of carbonyl (C=O) groups excluding carboxylic acids is 2. The zero-order valence-corrected chi connectivity index (χ0v) is 18.6. The first-order chi connectivity index (χ1) is 15.8. The molecule has 2 aromatic carbocycles. The SMILES string of the molecule is CCC1CN(C(=O)Cc2ccc(C#N)cc2)Cc2c(C(N)=O)c(-c3ccc(F)c(Cl)c3)nn21. The zero-order chi connectivity index (χ0) is 23.7. The number of rotatable bonds is 5. The number of primary amides is 1. The van der Waals surface area contributed by atoms with E-state index in [1.165, 1.54) is 18.2 Å². The van der Waals surface area contributed by atoms with Crippen molar-refractivity contribution in [3.8, 4) is 17.3 Å². The van der Waals surface area contributed by atoms with E-state index in [0.717, 1.165) is 5.56 Å². The molecule has 4 rings (SSSR count). The first kappa shape index (κ1) is 22.5. The predicted octanol–water partition coefficient (Wildman–Crippen LogP) is 3.85. The summed E-state index contributed by atoms with van der Waals surface area (Å²) in [6, 6.07) is 12.9. The molecule has 33 heavy (non-hydrogen) atoms. The Bertz CT molecular complexity index is 1280. The van der Waals surface area contributed by atoms with Crippen molar-refractivity contribution >= 4 is 23.4 Å². The second kappa shape index (κ2) is 9.04. The maximum atomic E-state index is 13.7. The summed E-state index contributed by atoms with van der Waals surface area (Å²) in [6.07, 6.45) is 0.847. The molecular formula is C24H21ClFN5O2. The summed E-state index contributed by atoms with van der Waals surface area (Å²) in [5.41, 5.74) is 8.58. The minimum absolute atomic E-state index is 0.0832. The Morgan fingerprint density at radius 2 is 2.00 bits per heavy atom. The third-order valence-corrected chi connectivity index (χ3v) is 6.12. The number of nitrogens with two attached hydrogens (primary N) is 1. The Labute approximate surface area is 195 Å². The molecule has 0 fully saturated rings. The highest BCUT2D eigenvalue weighted by Crippen LogP contribution is 2.34. The molecule has 1 aliphatic heterocycles. The Morgan fingerprint density at radius 1 is 1.27 bits per heavy atom. The monoisotopic (exact) mass is 465 g/mol. The lowest BCUT2D eigenvalue weighted by atomic mass is 10.0. The van der Waals surface area contributed by atoms with Crippen molar-refractivity contribution < 1.29 is 14.0 Å². The third kappa shape index (κ3) is 4.32. The van der Waals surface area contributed by atoms with Gasteiger partial charge in [0.2, 0.25) is 5.91 Å². The molecule has 0 saturated heterocycles. The third-order valence-electron chi connectivity index (χ3n) is 5.83. The molecule has 3 aromatic rings. The van der Waals surface area contributed by atoms with E-state index in [4.69, 9.17) is 22.6 Å². The van der Waals surface area contributed by atoms with Crippen LogP contribution in [-0.4, -0.2) is 33.0 Å². The van der Waals surface area contributed by atoms with E-state index in [1.54, 1.807) is 33.8 Å². The van der Waals surface area contributed by atoms with Gasteiger partial charge in [0.1, 0.15) is 11.5 Å². The van der Waals surface area contributed by atoms with Gasteiger partial charge in [0.05, 0.1) is 46.9 Å². The fourth-order valence-electron chi connectivity index (χ4n) is 4.08. The highest BCUT2D eigenvalue weighted by molar-refractivity contribution is 6.31. The maximum absolute atomic E-state index is 13.7. The number of carbonyl (C=O) groups is 2. The smallest absolute Gasteiger partial charge is 0.252 e. The van der Waals surface area contributed by atoms with E-state index in [-0.39, 0.29) is 35.5 Å². The molecule has 9 heteroatoms. The lowest BCUT2D eigenvalue weighted by molar-refractivity contribution is -0.132. The molecule has 1 aromatic heterocycles. The quantitative estimate of drug-likeness (QED) is 0.617. The minimum Gasteiger partial charge on any atom is -0.365 e. The predicted molar refractivity (Wildman–Crippen MR) is 121 cm³/mol. The summed E-state index contributed by atoms with van der Waals surface area (Å²) in [7, 11) is 0. The van der Waals surface area contributed by atoms with Gasteiger partial charge in [-0.05, 0) is 42.3 Å². The molecule has 1 aliphatic rings. The number of nitrogens with zero attached hydrogens (tertiary/aromatic N) is 4. The van der Waals surface area contributed by atoms with Gasteiger partial charge in [0.15, 0.2) is 0 Å². The van der Waals surface area contributed by atoms with Crippen LogP contribution in [0.1, 0.15) is 46.6 Å². The van der Waals surface area contributed by atoms with Crippen LogP contribution in [0.25, 0.3) is 11.3 Å². The second-order valence-electron chi connectivity index (χ2n) is 7.93. The maximum Gasteiger partial charge on any atom is 0.252 e. The van der Waals surface area contributed by atoms with Crippen molar-refractivity contribution in [3.05, 3.63) is 75.7 Å². The van der Waals surface area contributed by atoms with Crippen molar-refractivity contribution in [1.29, 1.82) is 5.26 Å². The Morgan fingerprint density at radius 3 is 2.61 bits per heavy atom. The topological polar surface area (TPSA) is 105 Å². The van der Waals surface area contributed by atoms with Crippen molar-refractivity contribution in [2.24, 2.45) is 5.73 Å². The van der Waals surface area contributed by atoms with E-state index in [1.807, 2.05) is 6.92 Å². The molecular weight excluding hydrogens is 445 g/mol. The Kier molecular flexibility index (Phi) is 6.16. The average molecular weight is 466 g/mol. The van der Waals surface area contributed by atoms with Gasteiger partial charge in [-0.1, -0.05) is 30.7 Å². The van der Waals surface area contributed by atoms with Crippen LogP contribution in [0.3, 0.4) is 0 Å². The second-order valence-corrected chi connectivity index (χ2v) is 8.34. The van der Waals surface area contributed by atoms with E-state index in [0.29, 0.717) is 35.5 Å². The van der Waals surface area contributed by atoms with E-state index < -0.39 is 11.7 Å². The largest absolute Gasteiger partial charge is 0.365 e. The van der Waals surface area contributed by atoms with Gasteiger partial charge in [-0.15, -0.1) is 0 Å². The fraction of sp³-hybridized carbons (Fsp3) is 0.250. The van der Waals surface area contributed by atoms with Crippen molar-refractivity contribution in [2.45, 2.75) is 32.4 Å². The van der Waals surface area contributed by atoms with Crippen molar-refractivity contribution in [3.63, 3.8) is 0 Å². The average Bonchev–Trinajstić information content (AvgIpc) is 3.20. The first-order valence-electron chi connectivity index (χ1n) is 10.5. The van der Waals surface area contributed by atoms with Crippen molar-refractivity contribution in [1.82, 2.24) is 14.7 Å². The molecule has 0 radical (unpaired) electrons. The van der Waals surface area contributed by atoms with Crippen LogP contribution in [0, 0.1) is 17.1 Å². The number of halogens is 2. The number of hydrogen-bond acceptors (Lipinski definition) is 4. The lowest BCUT2D eigenvalue weighted by Crippen LogP contribution is -2.42. The molecule has 0 spiro atoms. The molecule has 7 nitrogen and oxygen atoms in total. The summed E-state index contributed by atoms with van der Waals surface area (Å²) in [6.45, 7) is 2.58. The Balaban J connectivity index is 1.69. The van der Waals surface area contributed by atoms with Crippen LogP contribution in [0.5, 0.6) is 0 Å². The molecule has 1 atom stereocenters. The van der Waals surface area contributed by atoms with Gasteiger partial charge in [0.25, 0.3) is 5.91 Å². The van der Waals surface area contributed by atoms with E-state index >= 15 is 0 Å². The summed E-state index contributed by atoms with van der Waals surface area (Å²) in [5.74, 6) is -1.36. The van der Waals surface area contributed by atoms with Gasteiger partial charge >= 0.3 is 0 Å². The standard InChI is InChI=1S/C24H21ClFN5O2/c1-2-17-12-30(21(32)9-14-3-5-15(11-27)6-4-14)13-20-22(24(28)33)23(29-31(17)20)16-7-8-19(26)18(25)10-16/h3-8,10,17H,2,9,12-13H2,1H3,(H2,28,33). The number of nitriles is 1. The van der Waals surface area contributed by atoms with Gasteiger partial charge < -0.3 is 10.6 Å². The van der Waals surface area contributed by atoms with Crippen LogP contribution in [-0.2, 0) is 17.8 Å². The fourth-order valence-corrected chi connectivity index (χ4v) is 4.26. The number of benzene rings is 2. The molecule has 0 saturated carbocycles. The van der Waals surface area contributed by atoms with Crippen LogP contribution in [0.15, 0.2) is 42.5 Å². The number of amides is 2. The summed E-state index contributed by atoms with van der Waals surface area (Å²) in [4.78, 5) is 27.2. The molecule has 2 amide bonds. The van der Waals surface area contributed by atoms with Gasteiger partial charge in [-0.2, -0.15) is 10.4 Å². The molecule has 0 bridgehead atoms. The van der Waals surface area contributed by atoms with Crippen LogP contribution >= 0.6 is 11.6 Å². The molecule has 0 aliphatic carbocycles. The van der Waals surface area contributed by atoms with E-state index in [9.17, 15) is 14.0 Å². The molecule has 2 N–H and O–H groups in total. The molecule has 2 heterocycles. The summed E-state index contributed by atoms with van der Waals surface area (Å²) in [5, 5.41) is 13.5. The number of hydrogen-bond donors (Lipinski definition) is 1. The van der Waals surface area contributed by atoms with Gasteiger partial charge in [-0.25, -0.2) is 4.39 Å². The van der Waals surface area contributed by atoms with Crippen LogP contribution in [0.2, 0.25) is 5.02 Å². The number of aromatic nitrogens is 2. The lowest BCUT2D eigenvalue weighted by Gasteiger charge is -2.34. The molecule has 1 unspecified atom stereocenters. The van der Waals surface area contributed by atoms with E-state index in [2.05, 4.69) is 11.2 Å². The minimum atomic E-state index is -0.678. The van der Waals surface area contributed by atoms with Crippen LogP contribution < -0.4 is 5.73 Å². The Hall–Kier alpha value is -3.70. The van der Waals surface area contributed by atoms with Gasteiger partial charge in [-0.3, -0.25) is 14.3 Å². The van der Waals surface area contributed by atoms with Crippen LogP contribution in [0.4, 0.5) is 4.39 Å². The summed E-state index contributed by atoms with van der Waals surface area (Å²) < 4.78 is 15.4. The first-order valence-corrected chi connectivity index (χ1v) is 10.8. The molecule has 168 valence electrons. The highest BCUT2D eigenvalue weighted by Gasteiger charge is 2.34. The normalized spacial score (nSPS) is 15.1.